The van der Waals surface area contributed by atoms with Crippen LogP contribution in [0.1, 0.15) is 46.0 Å². The first-order valence-electron chi connectivity index (χ1n) is 8.85. The minimum absolute atomic E-state index is 0. The van der Waals surface area contributed by atoms with Gasteiger partial charge in [-0.3, -0.25) is 4.99 Å². The molecule has 144 valence electrons. The van der Waals surface area contributed by atoms with E-state index < -0.39 is 9.84 Å². The second-order valence-corrected chi connectivity index (χ2v) is 8.74. The first-order valence-corrected chi connectivity index (χ1v) is 10.9. The topological polar surface area (TPSA) is 73.8 Å². The molecule has 0 spiro atoms. The second kappa shape index (κ2) is 13.2. The molecule has 1 rings (SSSR count). The second-order valence-electron chi connectivity index (χ2n) is 6.48. The van der Waals surface area contributed by atoms with Gasteiger partial charge in [0.05, 0.1) is 12.3 Å². The molecule has 1 saturated heterocycles. The summed E-state index contributed by atoms with van der Waals surface area (Å²) < 4.78 is 22.5. The number of hydrogen-bond acceptors (Lipinski definition) is 4. The summed E-state index contributed by atoms with van der Waals surface area (Å²) in [5.74, 6) is 0.984. The summed E-state index contributed by atoms with van der Waals surface area (Å²) in [6.45, 7) is 8.96. The first-order chi connectivity index (χ1) is 10.9. The van der Waals surface area contributed by atoms with Crippen LogP contribution in [-0.2, 0) is 9.84 Å². The molecular formula is C16H35IN4O2S. The van der Waals surface area contributed by atoms with Crippen LogP contribution in [0.4, 0.5) is 0 Å². The predicted octanol–water partition coefficient (Wildman–Crippen LogP) is 1.86. The number of guanidine groups is 1. The van der Waals surface area contributed by atoms with E-state index in [9.17, 15) is 8.42 Å². The summed E-state index contributed by atoms with van der Waals surface area (Å²) in [6.07, 6.45) is 7.16. The van der Waals surface area contributed by atoms with Crippen molar-refractivity contribution in [2.75, 3.05) is 44.7 Å². The van der Waals surface area contributed by atoms with Crippen LogP contribution >= 0.6 is 24.0 Å². The lowest BCUT2D eigenvalue weighted by Crippen LogP contribution is -2.43. The van der Waals surface area contributed by atoms with E-state index in [1.54, 1.807) is 0 Å². The van der Waals surface area contributed by atoms with Gasteiger partial charge in [0, 0.05) is 25.4 Å². The standard InChI is InChI=1S/C16H34N4O2S.HI/c1-4-17-16(19-15(2)9-14-23(3,21)22)18-10-13-20-11-7-5-6-8-12-20;/h15H,4-14H2,1-3H3,(H2,17,18,19);1H. The van der Waals surface area contributed by atoms with Gasteiger partial charge in [0.2, 0.25) is 0 Å². The molecule has 8 heteroatoms. The molecule has 0 saturated carbocycles. The van der Waals surface area contributed by atoms with Gasteiger partial charge in [-0.15, -0.1) is 24.0 Å². The molecule has 1 fully saturated rings. The normalized spacial score (nSPS) is 18.4. The van der Waals surface area contributed by atoms with E-state index in [2.05, 4.69) is 20.5 Å². The van der Waals surface area contributed by atoms with Crippen molar-refractivity contribution in [3.05, 3.63) is 0 Å². The zero-order valence-electron chi connectivity index (χ0n) is 15.4. The Hall–Kier alpha value is -0.0900. The van der Waals surface area contributed by atoms with Crippen molar-refractivity contribution in [3.63, 3.8) is 0 Å². The van der Waals surface area contributed by atoms with Crippen molar-refractivity contribution < 1.29 is 8.42 Å². The van der Waals surface area contributed by atoms with Crippen LogP contribution in [0.5, 0.6) is 0 Å². The maximum atomic E-state index is 11.2. The van der Waals surface area contributed by atoms with Gasteiger partial charge < -0.3 is 15.5 Å². The fourth-order valence-electron chi connectivity index (χ4n) is 2.68. The molecule has 24 heavy (non-hydrogen) atoms. The molecule has 2 N–H and O–H groups in total. The molecule has 0 radical (unpaired) electrons. The van der Waals surface area contributed by atoms with E-state index >= 15 is 0 Å². The highest BCUT2D eigenvalue weighted by Crippen LogP contribution is 2.08. The van der Waals surface area contributed by atoms with Gasteiger partial charge >= 0.3 is 0 Å². The molecule has 0 bridgehead atoms. The van der Waals surface area contributed by atoms with Crippen molar-refractivity contribution in [1.82, 2.24) is 15.5 Å². The monoisotopic (exact) mass is 474 g/mol. The van der Waals surface area contributed by atoms with Gasteiger partial charge in [0.15, 0.2) is 5.96 Å². The largest absolute Gasteiger partial charge is 0.357 e. The molecule has 1 atom stereocenters. The number of halogens is 1. The van der Waals surface area contributed by atoms with E-state index in [1.165, 1.54) is 45.0 Å². The van der Waals surface area contributed by atoms with Crippen LogP contribution in [0.2, 0.25) is 0 Å². The smallest absolute Gasteiger partial charge is 0.191 e. The maximum absolute atomic E-state index is 11.2. The Balaban J connectivity index is 0.00000529. The molecule has 0 aromatic heterocycles. The fraction of sp³-hybridized carbons (Fsp3) is 0.938. The van der Waals surface area contributed by atoms with Crippen LogP contribution < -0.4 is 10.6 Å². The zero-order chi connectivity index (χ0) is 17.1. The summed E-state index contributed by atoms with van der Waals surface area (Å²) in [7, 11) is -2.91. The number of nitrogens with one attached hydrogen (secondary N) is 2. The van der Waals surface area contributed by atoms with E-state index in [0.29, 0.717) is 6.42 Å². The highest BCUT2D eigenvalue weighted by atomic mass is 127. The van der Waals surface area contributed by atoms with Crippen LogP contribution in [0.3, 0.4) is 0 Å². The molecule has 0 aromatic rings. The lowest BCUT2D eigenvalue weighted by molar-refractivity contribution is 0.293. The molecule has 1 aliphatic rings. The molecular weight excluding hydrogens is 439 g/mol. The molecule has 6 nitrogen and oxygen atoms in total. The Morgan fingerprint density at radius 1 is 1.21 bits per heavy atom. The van der Waals surface area contributed by atoms with Gasteiger partial charge in [-0.05, 0) is 46.2 Å². The van der Waals surface area contributed by atoms with Gasteiger partial charge in [0.25, 0.3) is 0 Å². The van der Waals surface area contributed by atoms with Crippen LogP contribution in [-0.4, -0.2) is 70.1 Å². The van der Waals surface area contributed by atoms with Crippen LogP contribution in [0, 0.1) is 0 Å². The maximum Gasteiger partial charge on any atom is 0.191 e. The first kappa shape index (κ1) is 23.9. The molecule has 1 unspecified atom stereocenters. The third-order valence-corrected chi connectivity index (χ3v) is 5.01. The quantitative estimate of drug-likeness (QED) is 0.319. The molecule has 0 amide bonds. The third-order valence-electron chi connectivity index (χ3n) is 4.03. The average molecular weight is 474 g/mol. The average Bonchev–Trinajstić information content (AvgIpc) is 2.73. The highest BCUT2D eigenvalue weighted by Gasteiger charge is 2.10. The number of rotatable bonds is 8. The number of sulfone groups is 1. The molecule has 1 aliphatic heterocycles. The van der Waals surface area contributed by atoms with Gasteiger partial charge in [-0.1, -0.05) is 12.8 Å². The highest BCUT2D eigenvalue weighted by molar-refractivity contribution is 14.0. The lowest BCUT2D eigenvalue weighted by atomic mass is 10.2. The fourth-order valence-corrected chi connectivity index (χ4v) is 3.46. The third kappa shape index (κ3) is 12.3. The Labute approximate surface area is 165 Å². The van der Waals surface area contributed by atoms with Crippen molar-refractivity contribution >= 4 is 39.8 Å². The Morgan fingerprint density at radius 3 is 2.38 bits per heavy atom. The number of likely N-dealkylation sites (tertiary alicyclic amines) is 1. The van der Waals surface area contributed by atoms with Crippen molar-refractivity contribution in [2.24, 2.45) is 4.99 Å². The minimum Gasteiger partial charge on any atom is -0.357 e. The van der Waals surface area contributed by atoms with Gasteiger partial charge in [-0.2, -0.15) is 0 Å². The molecule has 0 aliphatic carbocycles. The number of aliphatic imine (C=N–C) groups is 1. The Morgan fingerprint density at radius 2 is 1.83 bits per heavy atom. The van der Waals surface area contributed by atoms with E-state index in [1.807, 2.05) is 13.8 Å². The van der Waals surface area contributed by atoms with Crippen molar-refractivity contribution in [2.45, 2.75) is 52.0 Å². The van der Waals surface area contributed by atoms with Crippen LogP contribution in [0.25, 0.3) is 0 Å². The van der Waals surface area contributed by atoms with Crippen molar-refractivity contribution in [3.8, 4) is 0 Å². The zero-order valence-corrected chi connectivity index (χ0v) is 18.5. The van der Waals surface area contributed by atoms with E-state index in [0.717, 1.165) is 25.6 Å². The summed E-state index contributed by atoms with van der Waals surface area (Å²) in [5.41, 5.74) is 0. The van der Waals surface area contributed by atoms with Crippen LogP contribution in [0.15, 0.2) is 4.99 Å². The summed E-state index contributed by atoms with van der Waals surface area (Å²) in [6, 6.07) is 0.0840. The lowest BCUT2D eigenvalue weighted by Gasteiger charge is -2.20. The summed E-state index contributed by atoms with van der Waals surface area (Å²) in [5, 5.41) is 6.53. The summed E-state index contributed by atoms with van der Waals surface area (Å²) >= 11 is 0. The molecule has 0 aromatic carbocycles. The van der Waals surface area contributed by atoms with Gasteiger partial charge in [0.1, 0.15) is 9.84 Å². The number of nitrogens with zero attached hydrogens (tertiary/aromatic N) is 2. The van der Waals surface area contributed by atoms with E-state index in [4.69, 9.17) is 0 Å². The van der Waals surface area contributed by atoms with Crippen molar-refractivity contribution in [1.29, 1.82) is 0 Å². The van der Waals surface area contributed by atoms with Gasteiger partial charge in [-0.25, -0.2) is 8.42 Å². The minimum atomic E-state index is -2.91. The number of hydrogen-bond donors (Lipinski definition) is 2. The SMILES string of the molecule is CCNC(=NCCN1CCCCCC1)NC(C)CCS(C)(=O)=O.I. The van der Waals surface area contributed by atoms with E-state index in [-0.39, 0.29) is 35.8 Å². The Bertz CT molecular complexity index is 449. The Kier molecular flexibility index (Phi) is 13.1. The predicted molar refractivity (Wildman–Crippen MR) is 113 cm³/mol. The summed E-state index contributed by atoms with van der Waals surface area (Å²) in [4.78, 5) is 7.12. The molecule has 1 heterocycles.